The fourth-order valence-electron chi connectivity index (χ4n) is 2.32. The minimum absolute atomic E-state index is 0.476. The second-order valence-corrected chi connectivity index (χ2v) is 4.98. The molecule has 1 rings (SSSR count). The Hall–Kier alpha value is -0.440. The molecule has 1 aliphatic rings. The van der Waals surface area contributed by atoms with Crippen LogP contribution >= 0.6 is 0 Å². The van der Waals surface area contributed by atoms with E-state index in [4.69, 9.17) is 6.42 Å². The fraction of sp³-hybridized carbons (Fsp3) is 0.833. The van der Waals surface area contributed by atoms with Gasteiger partial charge in [-0.25, -0.2) is 0 Å². The van der Waals surface area contributed by atoms with Crippen LogP contribution in [0.1, 0.15) is 46.5 Å². The fourth-order valence-corrected chi connectivity index (χ4v) is 2.32. The monoisotopic (exact) mass is 164 g/mol. The SMILES string of the molecule is C#CC(C)C1CCCC(C)(C)C1. The van der Waals surface area contributed by atoms with E-state index in [0.29, 0.717) is 11.3 Å². The molecule has 0 N–H and O–H groups in total. The van der Waals surface area contributed by atoms with Crippen LogP contribution in [0.15, 0.2) is 0 Å². The van der Waals surface area contributed by atoms with E-state index in [-0.39, 0.29) is 0 Å². The molecule has 1 fully saturated rings. The first-order valence-corrected chi connectivity index (χ1v) is 5.01. The molecule has 1 saturated carbocycles. The quantitative estimate of drug-likeness (QED) is 0.520. The van der Waals surface area contributed by atoms with Gasteiger partial charge in [0.15, 0.2) is 0 Å². The van der Waals surface area contributed by atoms with Crippen LogP contribution in [0.2, 0.25) is 0 Å². The predicted molar refractivity (Wildman–Crippen MR) is 53.7 cm³/mol. The van der Waals surface area contributed by atoms with Gasteiger partial charge in [-0.1, -0.05) is 27.2 Å². The highest BCUT2D eigenvalue weighted by Gasteiger charge is 2.29. The molecule has 0 aromatic heterocycles. The lowest BCUT2D eigenvalue weighted by Crippen LogP contribution is -2.25. The van der Waals surface area contributed by atoms with E-state index in [1.807, 2.05) is 0 Å². The maximum atomic E-state index is 5.44. The normalized spacial score (nSPS) is 30.7. The molecule has 68 valence electrons. The summed E-state index contributed by atoms with van der Waals surface area (Å²) < 4.78 is 0. The van der Waals surface area contributed by atoms with Crippen LogP contribution < -0.4 is 0 Å². The molecule has 0 radical (unpaired) electrons. The summed E-state index contributed by atoms with van der Waals surface area (Å²) in [5.74, 6) is 4.13. The van der Waals surface area contributed by atoms with Gasteiger partial charge in [0.05, 0.1) is 0 Å². The van der Waals surface area contributed by atoms with E-state index in [0.717, 1.165) is 5.92 Å². The lowest BCUT2D eigenvalue weighted by Gasteiger charge is -2.36. The predicted octanol–water partition coefficient (Wildman–Crippen LogP) is 3.47. The summed E-state index contributed by atoms with van der Waals surface area (Å²) in [7, 11) is 0. The molecule has 0 heterocycles. The highest BCUT2D eigenvalue weighted by molar-refractivity contribution is 4.96. The summed E-state index contributed by atoms with van der Waals surface area (Å²) in [5, 5.41) is 0. The van der Waals surface area contributed by atoms with Gasteiger partial charge in [0, 0.05) is 5.92 Å². The van der Waals surface area contributed by atoms with Crippen LogP contribution in [0.3, 0.4) is 0 Å². The van der Waals surface area contributed by atoms with E-state index >= 15 is 0 Å². The van der Waals surface area contributed by atoms with E-state index in [1.165, 1.54) is 25.7 Å². The van der Waals surface area contributed by atoms with Crippen molar-refractivity contribution in [1.29, 1.82) is 0 Å². The van der Waals surface area contributed by atoms with Crippen molar-refractivity contribution in [1.82, 2.24) is 0 Å². The molecule has 0 aromatic rings. The van der Waals surface area contributed by atoms with Crippen LogP contribution in [0.25, 0.3) is 0 Å². The third-order valence-electron chi connectivity index (χ3n) is 3.21. The third-order valence-corrected chi connectivity index (χ3v) is 3.21. The third kappa shape index (κ3) is 2.27. The van der Waals surface area contributed by atoms with Crippen molar-refractivity contribution >= 4 is 0 Å². The first-order chi connectivity index (χ1) is 5.55. The lowest BCUT2D eigenvalue weighted by atomic mass is 9.69. The van der Waals surface area contributed by atoms with Gasteiger partial charge >= 0.3 is 0 Å². The summed E-state index contributed by atoms with van der Waals surface area (Å²) in [6.45, 7) is 6.91. The Kier molecular flexibility index (Phi) is 2.83. The van der Waals surface area contributed by atoms with Crippen LogP contribution in [0.5, 0.6) is 0 Å². The number of rotatable bonds is 1. The Morgan fingerprint density at radius 1 is 1.50 bits per heavy atom. The van der Waals surface area contributed by atoms with Crippen LogP contribution in [0, 0.1) is 29.6 Å². The van der Waals surface area contributed by atoms with E-state index < -0.39 is 0 Å². The summed E-state index contributed by atoms with van der Waals surface area (Å²) >= 11 is 0. The zero-order valence-electron chi connectivity index (χ0n) is 8.56. The zero-order chi connectivity index (χ0) is 9.19. The first-order valence-electron chi connectivity index (χ1n) is 5.01. The second-order valence-electron chi connectivity index (χ2n) is 4.98. The molecular weight excluding hydrogens is 144 g/mol. The zero-order valence-corrected chi connectivity index (χ0v) is 8.56. The van der Waals surface area contributed by atoms with Gasteiger partial charge in [0.2, 0.25) is 0 Å². The minimum Gasteiger partial charge on any atom is -0.120 e. The molecule has 0 spiro atoms. The first kappa shape index (κ1) is 9.65. The topological polar surface area (TPSA) is 0 Å². The van der Waals surface area contributed by atoms with Gasteiger partial charge in [-0.05, 0) is 30.6 Å². The molecule has 2 atom stereocenters. The van der Waals surface area contributed by atoms with Gasteiger partial charge < -0.3 is 0 Å². The van der Waals surface area contributed by atoms with Gasteiger partial charge in [-0.3, -0.25) is 0 Å². The van der Waals surface area contributed by atoms with Crippen molar-refractivity contribution in [3.63, 3.8) is 0 Å². The van der Waals surface area contributed by atoms with Crippen LogP contribution in [-0.4, -0.2) is 0 Å². The Morgan fingerprint density at radius 3 is 2.67 bits per heavy atom. The lowest BCUT2D eigenvalue weighted by molar-refractivity contribution is 0.158. The largest absolute Gasteiger partial charge is 0.120 e. The number of hydrogen-bond donors (Lipinski definition) is 0. The molecule has 0 aliphatic heterocycles. The Bertz CT molecular complexity index is 183. The number of hydrogen-bond acceptors (Lipinski definition) is 0. The molecule has 2 unspecified atom stereocenters. The Morgan fingerprint density at radius 2 is 2.17 bits per heavy atom. The van der Waals surface area contributed by atoms with Gasteiger partial charge in [-0.2, -0.15) is 0 Å². The molecule has 0 saturated heterocycles. The average Bonchev–Trinajstić information content (AvgIpc) is 2.01. The number of terminal acetylenes is 1. The summed E-state index contributed by atoms with van der Waals surface area (Å²) in [6.07, 6.45) is 10.8. The van der Waals surface area contributed by atoms with Crippen molar-refractivity contribution in [2.75, 3.05) is 0 Å². The van der Waals surface area contributed by atoms with Crippen LogP contribution in [0.4, 0.5) is 0 Å². The van der Waals surface area contributed by atoms with E-state index in [1.54, 1.807) is 0 Å². The van der Waals surface area contributed by atoms with Crippen molar-refractivity contribution in [2.24, 2.45) is 17.3 Å². The van der Waals surface area contributed by atoms with E-state index in [2.05, 4.69) is 26.7 Å². The second kappa shape index (κ2) is 3.52. The molecule has 12 heavy (non-hydrogen) atoms. The molecule has 0 amide bonds. The maximum Gasteiger partial charge on any atom is 0.0200 e. The highest BCUT2D eigenvalue weighted by atomic mass is 14.3. The summed E-state index contributed by atoms with van der Waals surface area (Å²) in [4.78, 5) is 0. The van der Waals surface area contributed by atoms with Crippen LogP contribution in [-0.2, 0) is 0 Å². The van der Waals surface area contributed by atoms with Gasteiger partial charge in [-0.15, -0.1) is 12.3 Å². The smallest absolute Gasteiger partial charge is 0.0200 e. The Labute approximate surface area is 76.7 Å². The van der Waals surface area contributed by atoms with Gasteiger partial charge in [0.1, 0.15) is 0 Å². The standard InChI is InChI=1S/C12H20/c1-5-10(2)11-7-6-8-12(3,4)9-11/h1,10-11H,6-9H2,2-4H3. The molecule has 0 heteroatoms. The van der Waals surface area contributed by atoms with Crippen molar-refractivity contribution < 1.29 is 0 Å². The van der Waals surface area contributed by atoms with Gasteiger partial charge in [0.25, 0.3) is 0 Å². The highest BCUT2D eigenvalue weighted by Crippen LogP contribution is 2.41. The van der Waals surface area contributed by atoms with Crippen molar-refractivity contribution in [2.45, 2.75) is 46.5 Å². The molecule has 0 bridgehead atoms. The Balaban J connectivity index is 2.53. The van der Waals surface area contributed by atoms with Crippen molar-refractivity contribution in [3.8, 4) is 12.3 Å². The average molecular weight is 164 g/mol. The molecular formula is C12H20. The summed E-state index contributed by atoms with van der Waals surface area (Å²) in [5.41, 5.74) is 0.536. The molecule has 1 aliphatic carbocycles. The molecule has 0 aromatic carbocycles. The molecule has 0 nitrogen and oxygen atoms in total. The maximum absolute atomic E-state index is 5.44. The van der Waals surface area contributed by atoms with E-state index in [9.17, 15) is 0 Å². The van der Waals surface area contributed by atoms with Crippen molar-refractivity contribution in [3.05, 3.63) is 0 Å². The summed E-state index contributed by atoms with van der Waals surface area (Å²) in [6, 6.07) is 0. The minimum atomic E-state index is 0.476.